The number of thiophene rings is 1. The van der Waals surface area contributed by atoms with Crippen LogP contribution in [0.2, 0.25) is 0 Å². The van der Waals surface area contributed by atoms with E-state index < -0.39 is 18.8 Å². The van der Waals surface area contributed by atoms with Gasteiger partial charge in [-0.3, -0.25) is 0 Å². The van der Waals surface area contributed by atoms with E-state index in [1.165, 1.54) is 17.4 Å². The number of halogens is 3. The first-order chi connectivity index (χ1) is 12.4. The Kier molecular flexibility index (Phi) is 5.16. The van der Waals surface area contributed by atoms with Crippen LogP contribution in [0.4, 0.5) is 13.2 Å². The number of carbonyl (C=O) groups is 1. The summed E-state index contributed by atoms with van der Waals surface area (Å²) in [6.45, 7) is -1.71. The van der Waals surface area contributed by atoms with Gasteiger partial charge in [-0.05, 0) is 17.5 Å². The zero-order chi connectivity index (χ0) is 18.6. The monoisotopic (exact) mass is 385 g/mol. The lowest BCUT2D eigenvalue weighted by atomic mass is 10.3. The largest absolute Gasteiger partial charge is 0.468 e. The van der Waals surface area contributed by atoms with Crippen molar-refractivity contribution in [3.05, 3.63) is 46.6 Å². The lowest BCUT2D eigenvalue weighted by Crippen LogP contribution is -2.19. The molecule has 0 unspecified atom stereocenters. The maximum absolute atomic E-state index is 12.1. The summed E-state index contributed by atoms with van der Waals surface area (Å²) in [5, 5.41) is 7.47. The molecule has 0 bridgehead atoms. The first-order valence-electron chi connectivity index (χ1n) is 7.08. The van der Waals surface area contributed by atoms with Crippen LogP contribution in [0.1, 0.15) is 16.2 Å². The zero-order valence-corrected chi connectivity index (χ0v) is 13.7. The Bertz CT molecular complexity index is 863. The Balaban J connectivity index is 1.53. The molecule has 0 spiro atoms. The van der Waals surface area contributed by atoms with E-state index in [1.54, 1.807) is 0 Å². The highest BCUT2D eigenvalue weighted by Crippen LogP contribution is 2.19. The van der Waals surface area contributed by atoms with Gasteiger partial charge in [0.15, 0.2) is 13.2 Å². The Hall–Kier alpha value is -2.95. The molecule has 11 heteroatoms. The average molecular weight is 385 g/mol. The fourth-order valence-electron chi connectivity index (χ4n) is 1.78. The van der Waals surface area contributed by atoms with Gasteiger partial charge >= 0.3 is 12.1 Å². The summed E-state index contributed by atoms with van der Waals surface area (Å²) in [6.07, 6.45) is -3.41. The van der Waals surface area contributed by atoms with Crippen LogP contribution in [-0.2, 0) is 11.3 Å². The normalized spacial score (nSPS) is 11.3. The molecule has 0 radical (unpaired) electrons. The molecule has 0 fully saturated rings. The van der Waals surface area contributed by atoms with Gasteiger partial charge in [0.2, 0.25) is 11.7 Å². The highest BCUT2D eigenvalue weighted by molar-refractivity contribution is 7.08. The molecule has 3 aromatic heterocycles. The van der Waals surface area contributed by atoms with E-state index in [1.807, 2.05) is 16.8 Å². The van der Waals surface area contributed by atoms with E-state index in [-0.39, 0.29) is 23.9 Å². The molecule has 0 saturated heterocycles. The van der Waals surface area contributed by atoms with Gasteiger partial charge < -0.3 is 14.0 Å². The van der Waals surface area contributed by atoms with Gasteiger partial charge in [-0.2, -0.15) is 29.5 Å². The second-order valence-electron chi connectivity index (χ2n) is 4.89. The standard InChI is InChI=1S/C15H10F3N3O4S/c16-15(17,18)8-24-11-2-1-9(5-19-11)14(22)23-6-12-20-13(21-25-12)10-3-4-26-7-10/h1-5,7H,6,8H2. The second kappa shape index (κ2) is 7.52. The minimum absolute atomic E-state index is 0.0435. The van der Waals surface area contributed by atoms with Crippen molar-refractivity contribution in [2.24, 2.45) is 0 Å². The molecule has 7 nitrogen and oxygen atoms in total. The summed E-state index contributed by atoms with van der Waals surface area (Å²) in [5.41, 5.74) is 0.830. The molecular weight excluding hydrogens is 375 g/mol. The van der Waals surface area contributed by atoms with Crippen LogP contribution < -0.4 is 4.74 Å². The van der Waals surface area contributed by atoms with Crippen molar-refractivity contribution in [1.29, 1.82) is 0 Å². The Morgan fingerprint density at radius 3 is 2.77 bits per heavy atom. The van der Waals surface area contributed by atoms with E-state index in [4.69, 9.17) is 9.26 Å². The van der Waals surface area contributed by atoms with E-state index in [9.17, 15) is 18.0 Å². The average Bonchev–Trinajstić information content (AvgIpc) is 3.29. The van der Waals surface area contributed by atoms with Gasteiger partial charge in [-0.15, -0.1) is 0 Å². The first kappa shape index (κ1) is 17.9. The number of hydrogen-bond donors (Lipinski definition) is 0. The van der Waals surface area contributed by atoms with Crippen LogP contribution in [0.3, 0.4) is 0 Å². The maximum atomic E-state index is 12.1. The molecular formula is C15H10F3N3O4S. The van der Waals surface area contributed by atoms with Gasteiger partial charge in [0.25, 0.3) is 5.89 Å². The summed E-state index contributed by atoms with van der Waals surface area (Å²) in [7, 11) is 0. The lowest BCUT2D eigenvalue weighted by molar-refractivity contribution is -0.154. The molecule has 0 aromatic carbocycles. The van der Waals surface area contributed by atoms with Crippen LogP contribution in [0.5, 0.6) is 5.88 Å². The SMILES string of the molecule is O=C(OCc1nc(-c2ccsc2)no1)c1ccc(OCC(F)(F)F)nc1. The summed E-state index contributed by atoms with van der Waals surface area (Å²) < 4.78 is 50.6. The summed E-state index contributed by atoms with van der Waals surface area (Å²) in [4.78, 5) is 19.6. The molecule has 3 aromatic rings. The second-order valence-corrected chi connectivity index (χ2v) is 5.67. The van der Waals surface area contributed by atoms with Gasteiger partial charge in [-0.1, -0.05) is 5.16 Å². The fraction of sp³-hybridized carbons (Fsp3) is 0.200. The third-order valence-corrected chi connectivity index (χ3v) is 3.61. The van der Waals surface area contributed by atoms with E-state index in [2.05, 4.69) is 19.9 Å². The van der Waals surface area contributed by atoms with Crippen molar-refractivity contribution in [2.45, 2.75) is 12.8 Å². The number of rotatable bonds is 6. The molecule has 0 N–H and O–H groups in total. The van der Waals surface area contributed by atoms with E-state index >= 15 is 0 Å². The predicted molar refractivity (Wildman–Crippen MR) is 82.5 cm³/mol. The van der Waals surface area contributed by atoms with Crippen LogP contribution in [-0.4, -0.2) is 33.9 Å². The number of nitrogens with zero attached hydrogens (tertiary/aromatic N) is 3. The highest BCUT2D eigenvalue weighted by Gasteiger charge is 2.28. The Morgan fingerprint density at radius 1 is 1.27 bits per heavy atom. The number of alkyl halides is 3. The summed E-state index contributed by atoms with van der Waals surface area (Å²) >= 11 is 1.48. The fourth-order valence-corrected chi connectivity index (χ4v) is 2.41. The van der Waals surface area contributed by atoms with Crippen LogP contribution in [0.25, 0.3) is 11.4 Å². The lowest BCUT2D eigenvalue weighted by Gasteiger charge is -2.08. The molecule has 0 aliphatic heterocycles. The Morgan fingerprint density at radius 2 is 2.12 bits per heavy atom. The number of esters is 1. The van der Waals surface area contributed by atoms with Crippen LogP contribution in [0.15, 0.2) is 39.7 Å². The summed E-state index contributed by atoms with van der Waals surface area (Å²) in [6, 6.07) is 4.20. The number of pyridine rings is 1. The molecule has 0 aliphatic carbocycles. The Labute approximate surface area is 148 Å². The quantitative estimate of drug-likeness (QED) is 0.600. The van der Waals surface area contributed by atoms with Crippen molar-refractivity contribution in [3.63, 3.8) is 0 Å². The first-order valence-corrected chi connectivity index (χ1v) is 8.03. The van der Waals surface area contributed by atoms with Crippen molar-refractivity contribution >= 4 is 17.3 Å². The minimum atomic E-state index is -4.47. The van der Waals surface area contributed by atoms with Crippen molar-refractivity contribution in [2.75, 3.05) is 6.61 Å². The minimum Gasteiger partial charge on any atom is -0.468 e. The van der Waals surface area contributed by atoms with E-state index in [0.717, 1.165) is 17.8 Å². The molecule has 3 rings (SSSR count). The van der Waals surface area contributed by atoms with Gasteiger partial charge in [0.05, 0.1) is 5.56 Å². The highest BCUT2D eigenvalue weighted by atomic mass is 32.1. The molecule has 136 valence electrons. The van der Waals surface area contributed by atoms with Gasteiger partial charge in [0, 0.05) is 23.2 Å². The van der Waals surface area contributed by atoms with E-state index in [0.29, 0.717) is 5.82 Å². The maximum Gasteiger partial charge on any atom is 0.422 e. The predicted octanol–water partition coefficient (Wildman–Crippen LogP) is 3.49. The molecule has 0 atom stereocenters. The van der Waals surface area contributed by atoms with Crippen LogP contribution >= 0.6 is 11.3 Å². The number of carbonyl (C=O) groups excluding carboxylic acids is 1. The third kappa shape index (κ3) is 4.79. The molecule has 26 heavy (non-hydrogen) atoms. The summed E-state index contributed by atoms with van der Waals surface area (Å²) in [5.74, 6) is -0.505. The smallest absolute Gasteiger partial charge is 0.422 e. The van der Waals surface area contributed by atoms with Crippen molar-refractivity contribution < 1.29 is 32.0 Å². The van der Waals surface area contributed by atoms with Crippen molar-refractivity contribution in [3.8, 4) is 17.3 Å². The number of ether oxygens (including phenoxy) is 2. The zero-order valence-electron chi connectivity index (χ0n) is 12.9. The number of aromatic nitrogens is 3. The topological polar surface area (TPSA) is 87.3 Å². The van der Waals surface area contributed by atoms with Gasteiger partial charge in [-0.25, -0.2) is 9.78 Å². The van der Waals surface area contributed by atoms with Crippen molar-refractivity contribution in [1.82, 2.24) is 15.1 Å². The molecule has 3 heterocycles. The molecule has 0 amide bonds. The van der Waals surface area contributed by atoms with Gasteiger partial charge in [0.1, 0.15) is 0 Å². The van der Waals surface area contributed by atoms with Crippen LogP contribution in [0, 0.1) is 0 Å². The number of hydrogen-bond acceptors (Lipinski definition) is 8. The third-order valence-electron chi connectivity index (χ3n) is 2.93. The molecule has 0 saturated carbocycles. The molecule has 0 aliphatic rings.